The Morgan fingerprint density at radius 1 is 1.54 bits per heavy atom. The van der Waals surface area contributed by atoms with Gasteiger partial charge in [0.05, 0.1) is 0 Å². The summed E-state index contributed by atoms with van der Waals surface area (Å²) in [5.74, 6) is -2.00. The molecule has 70 valence electrons. The zero-order valence-electron chi connectivity index (χ0n) is 6.37. The van der Waals surface area contributed by atoms with Crippen molar-refractivity contribution in [3.05, 3.63) is 34.6 Å². The fourth-order valence-corrected chi connectivity index (χ4v) is 1.13. The highest BCUT2D eigenvalue weighted by Gasteiger charge is 2.18. The van der Waals surface area contributed by atoms with E-state index in [1.54, 1.807) is 0 Å². The van der Waals surface area contributed by atoms with Crippen LogP contribution in [0.15, 0.2) is 18.2 Å². The van der Waals surface area contributed by atoms with Crippen molar-refractivity contribution in [2.45, 2.75) is 6.10 Å². The molecule has 0 saturated carbocycles. The predicted molar refractivity (Wildman–Crippen MR) is 44.0 cm³/mol. The highest BCUT2D eigenvalue weighted by atomic mass is 35.5. The predicted octanol–water partition coefficient (Wildman–Crippen LogP) is 1.60. The topological polar surface area (TPSA) is 57.5 Å². The molecule has 2 N–H and O–H groups in total. The van der Waals surface area contributed by atoms with Crippen molar-refractivity contribution < 1.29 is 19.4 Å². The van der Waals surface area contributed by atoms with Gasteiger partial charge in [0.2, 0.25) is 0 Å². The van der Waals surface area contributed by atoms with Gasteiger partial charge in [-0.2, -0.15) is 0 Å². The summed E-state index contributed by atoms with van der Waals surface area (Å²) in [6, 6.07) is 3.12. The van der Waals surface area contributed by atoms with Gasteiger partial charge in [0.25, 0.3) is 0 Å². The minimum absolute atomic E-state index is 0.0180. The molecule has 1 aromatic rings. The summed E-state index contributed by atoms with van der Waals surface area (Å²) in [5.41, 5.74) is -0.0180. The Morgan fingerprint density at radius 2 is 2.15 bits per heavy atom. The van der Waals surface area contributed by atoms with E-state index in [0.29, 0.717) is 0 Å². The molecule has 1 atom stereocenters. The SMILES string of the molecule is O=C(O)[C@@H](O)c1ccc(F)cc1Cl. The van der Waals surface area contributed by atoms with E-state index in [0.717, 1.165) is 18.2 Å². The lowest BCUT2D eigenvalue weighted by atomic mass is 10.1. The minimum Gasteiger partial charge on any atom is -0.479 e. The van der Waals surface area contributed by atoms with Gasteiger partial charge in [0.1, 0.15) is 5.82 Å². The molecule has 13 heavy (non-hydrogen) atoms. The summed E-state index contributed by atoms with van der Waals surface area (Å²) in [6.45, 7) is 0. The Morgan fingerprint density at radius 3 is 2.62 bits per heavy atom. The Bertz CT molecular complexity index is 340. The van der Waals surface area contributed by atoms with E-state index >= 15 is 0 Å². The maximum Gasteiger partial charge on any atom is 0.337 e. The molecule has 0 radical (unpaired) electrons. The number of carboxylic acid groups (broad SMARTS) is 1. The summed E-state index contributed by atoms with van der Waals surface area (Å²) in [7, 11) is 0. The third kappa shape index (κ3) is 2.17. The third-order valence-corrected chi connectivity index (χ3v) is 1.82. The van der Waals surface area contributed by atoms with E-state index in [9.17, 15) is 9.18 Å². The average molecular weight is 205 g/mol. The Labute approximate surface area is 78.4 Å². The molecule has 0 saturated heterocycles. The molecular formula is C8H6ClFO3. The van der Waals surface area contributed by atoms with Gasteiger partial charge >= 0.3 is 5.97 Å². The lowest BCUT2D eigenvalue weighted by Crippen LogP contribution is -2.10. The summed E-state index contributed by atoms with van der Waals surface area (Å²) in [6.07, 6.45) is -1.71. The lowest BCUT2D eigenvalue weighted by molar-refractivity contribution is -0.146. The molecular weight excluding hydrogens is 199 g/mol. The largest absolute Gasteiger partial charge is 0.479 e. The first-order chi connectivity index (χ1) is 6.02. The standard InChI is InChI=1S/C8H6ClFO3/c9-6-3-4(10)1-2-5(6)7(11)8(12)13/h1-3,7,11H,(H,12,13)/t7-/m0/s1. The number of halogens is 2. The van der Waals surface area contributed by atoms with E-state index in [1.807, 2.05) is 0 Å². The number of aliphatic carboxylic acids is 1. The van der Waals surface area contributed by atoms with E-state index in [-0.39, 0.29) is 10.6 Å². The maximum atomic E-state index is 12.5. The first kappa shape index (κ1) is 9.95. The van der Waals surface area contributed by atoms with Crippen LogP contribution in [0.4, 0.5) is 4.39 Å². The third-order valence-electron chi connectivity index (χ3n) is 1.49. The van der Waals surface area contributed by atoms with Gasteiger partial charge in [0.15, 0.2) is 6.10 Å². The second-order valence-corrected chi connectivity index (χ2v) is 2.81. The van der Waals surface area contributed by atoms with Crippen LogP contribution in [0.2, 0.25) is 5.02 Å². The van der Waals surface area contributed by atoms with Gasteiger partial charge in [0, 0.05) is 10.6 Å². The highest BCUT2D eigenvalue weighted by Crippen LogP contribution is 2.23. The number of carboxylic acids is 1. The minimum atomic E-state index is -1.71. The van der Waals surface area contributed by atoms with Crippen molar-refractivity contribution >= 4 is 17.6 Å². The molecule has 3 nitrogen and oxygen atoms in total. The highest BCUT2D eigenvalue weighted by molar-refractivity contribution is 6.31. The number of rotatable bonds is 2. The van der Waals surface area contributed by atoms with Crippen molar-refractivity contribution in [2.75, 3.05) is 0 Å². The van der Waals surface area contributed by atoms with Crippen LogP contribution < -0.4 is 0 Å². The average Bonchev–Trinajstić information content (AvgIpc) is 2.03. The van der Waals surface area contributed by atoms with Gasteiger partial charge in [-0.3, -0.25) is 0 Å². The van der Waals surface area contributed by atoms with Crippen LogP contribution in [-0.4, -0.2) is 16.2 Å². The van der Waals surface area contributed by atoms with Gasteiger partial charge in [-0.15, -0.1) is 0 Å². The summed E-state index contributed by atoms with van der Waals surface area (Å²) < 4.78 is 12.5. The molecule has 0 heterocycles. The van der Waals surface area contributed by atoms with Crippen LogP contribution in [-0.2, 0) is 4.79 Å². The van der Waals surface area contributed by atoms with Crippen molar-refractivity contribution in [1.82, 2.24) is 0 Å². The summed E-state index contributed by atoms with van der Waals surface area (Å²) in [5, 5.41) is 17.4. The Hall–Kier alpha value is -1.13. The molecule has 1 aromatic carbocycles. The van der Waals surface area contributed by atoms with E-state index in [2.05, 4.69) is 0 Å². The van der Waals surface area contributed by atoms with Gasteiger partial charge in [-0.25, -0.2) is 9.18 Å². The first-order valence-corrected chi connectivity index (χ1v) is 3.76. The van der Waals surface area contributed by atoms with Crippen LogP contribution in [0, 0.1) is 5.82 Å². The fourth-order valence-electron chi connectivity index (χ4n) is 0.856. The van der Waals surface area contributed by atoms with E-state index in [1.165, 1.54) is 0 Å². The van der Waals surface area contributed by atoms with Crippen LogP contribution in [0.1, 0.15) is 11.7 Å². The molecule has 0 aliphatic rings. The number of carbonyl (C=O) groups is 1. The van der Waals surface area contributed by atoms with Crippen molar-refractivity contribution in [3.63, 3.8) is 0 Å². The smallest absolute Gasteiger partial charge is 0.337 e. The van der Waals surface area contributed by atoms with E-state index < -0.39 is 17.9 Å². The zero-order valence-corrected chi connectivity index (χ0v) is 7.12. The lowest BCUT2D eigenvalue weighted by Gasteiger charge is -2.07. The quantitative estimate of drug-likeness (QED) is 0.769. The second-order valence-electron chi connectivity index (χ2n) is 2.41. The molecule has 0 aliphatic carbocycles. The molecule has 0 spiro atoms. The zero-order chi connectivity index (χ0) is 10.0. The maximum absolute atomic E-state index is 12.5. The first-order valence-electron chi connectivity index (χ1n) is 3.38. The number of hydrogen-bond acceptors (Lipinski definition) is 2. The Balaban J connectivity index is 3.08. The van der Waals surface area contributed by atoms with Crippen molar-refractivity contribution in [2.24, 2.45) is 0 Å². The van der Waals surface area contributed by atoms with Crippen LogP contribution in [0.3, 0.4) is 0 Å². The van der Waals surface area contributed by atoms with Crippen LogP contribution in [0.5, 0.6) is 0 Å². The summed E-state index contributed by atoms with van der Waals surface area (Å²) in [4.78, 5) is 10.3. The molecule has 0 aromatic heterocycles. The number of benzene rings is 1. The molecule has 1 rings (SSSR count). The Kier molecular flexibility index (Phi) is 2.85. The van der Waals surface area contributed by atoms with Gasteiger partial charge < -0.3 is 10.2 Å². The number of aliphatic hydroxyl groups excluding tert-OH is 1. The monoisotopic (exact) mass is 204 g/mol. The fraction of sp³-hybridized carbons (Fsp3) is 0.125. The molecule has 5 heteroatoms. The van der Waals surface area contributed by atoms with Gasteiger partial charge in [-0.1, -0.05) is 17.7 Å². The molecule has 0 fully saturated rings. The number of aliphatic hydroxyl groups is 1. The van der Waals surface area contributed by atoms with Crippen molar-refractivity contribution in [1.29, 1.82) is 0 Å². The van der Waals surface area contributed by atoms with Gasteiger partial charge in [-0.05, 0) is 12.1 Å². The number of hydrogen-bond donors (Lipinski definition) is 2. The van der Waals surface area contributed by atoms with E-state index in [4.69, 9.17) is 21.8 Å². The molecule has 0 aliphatic heterocycles. The second kappa shape index (κ2) is 3.72. The molecule has 0 unspecified atom stereocenters. The van der Waals surface area contributed by atoms with Crippen LogP contribution in [0.25, 0.3) is 0 Å². The normalized spacial score (nSPS) is 12.5. The van der Waals surface area contributed by atoms with Crippen molar-refractivity contribution in [3.8, 4) is 0 Å². The molecule has 0 bridgehead atoms. The van der Waals surface area contributed by atoms with Crippen LogP contribution >= 0.6 is 11.6 Å². The summed E-state index contributed by atoms with van der Waals surface area (Å²) >= 11 is 5.51. The molecule has 0 amide bonds.